The van der Waals surface area contributed by atoms with Crippen LogP contribution in [0.15, 0.2) is 45.6 Å². The van der Waals surface area contributed by atoms with Crippen LogP contribution in [0.3, 0.4) is 0 Å². The number of nitrogens with one attached hydrogen (secondary N) is 1. The monoisotopic (exact) mass is 415 g/mol. The second kappa shape index (κ2) is 9.39. The normalized spacial score (nSPS) is 12.5. The summed E-state index contributed by atoms with van der Waals surface area (Å²) in [6, 6.07) is 10.7. The Balaban J connectivity index is 2.19. The van der Waals surface area contributed by atoms with Crippen molar-refractivity contribution >= 4 is 22.7 Å². The molecule has 6 nitrogen and oxygen atoms in total. The van der Waals surface area contributed by atoms with Crippen LogP contribution in [0.1, 0.15) is 36.8 Å². The lowest BCUT2D eigenvalue weighted by Gasteiger charge is -2.24. The zero-order chi connectivity index (χ0) is 21.0. The van der Waals surface area contributed by atoms with Gasteiger partial charge in [0.1, 0.15) is 16.7 Å². The number of hydrogen-bond acceptors (Lipinski definition) is 6. The Labute approximate surface area is 175 Å². The van der Waals surface area contributed by atoms with Gasteiger partial charge in [0.2, 0.25) is 5.71 Å². The molecule has 1 atom stereocenters. The van der Waals surface area contributed by atoms with Gasteiger partial charge in [-0.25, -0.2) is 4.98 Å². The van der Waals surface area contributed by atoms with Gasteiger partial charge in [-0.15, -0.1) is 0 Å². The topological polar surface area (TPSA) is 90.4 Å². The van der Waals surface area contributed by atoms with Crippen molar-refractivity contribution in [1.82, 2.24) is 10.3 Å². The molecule has 3 N–H and O–H groups in total. The van der Waals surface area contributed by atoms with Crippen molar-refractivity contribution in [2.24, 2.45) is 11.7 Å². The van der Waals surface area contributed by atoms with Gasteiger partial charge in [0.05, 0.1) is 18.5 Å². The quantitative estimate of drug-likeness (QED) is 0.545. The van der Waals surface area contributed by atoms with Crippen molar-refractivity contribution in [3.05, 3.63) is 68.7 Å². The van der Waals surface area contributed by atoms with E-state index in [1.807, 2.05) is 24.3 Å². The number of nitrogens with zero attached hydrogens (tertiary/aromatic N) is 1. The summed E-state index contributed by atoms with van der Waals surface area (Å²) in [6.45, 7) is 5.22. The maximum absolute atomic E-state index is 13.4. The van der Waals surface area contributed by atoms with E-state index in [1.54, 1.807) is 19.2 Å². The maximum atomic E-state index is 13.4. The Bertz CT molecular complexity index is 1050. The zero-order valence-electron chi connectivity index (χ0n) is 16.9. The van der Waals surface area contributed by atoms with Crippen molar-refractivity contribution in [1.29, 1.82) is 0 Å². The van der Waals surface area contributed by atoms with E-state index in [0.29, 0.717) is 36.2 Å². The van der Waals surface area contributed by atoms with Crippen LogP contribution in [0.5, 0.6) is 5.75 Å². The average molecular weight is 416 g/mol. The van der Waals surface area contributed by atoms with E-state index in [0.717, 1.165) is 11.3 Å². The van der Waals surface area contributed by atoms with Crippen LogP contribution in [-0.2, 0) is 6.42 Å². The van der Waals surface area contributed by atoms with Crippen LogP contribution in [0.25, 0.3) is 11.1 Å². The Kier molecular flexibility index (Phi) is 6.90. The Hall–Kier alpha value is -2.41. The fourth-order valence-corrected chi connectivity index (χ4v) is 3.52. The molecular formula is C22H26ClN3O3. The highest BCUT2D eigenvalue weighted by Gasteiger charge is 2.25. The molecule has 0 spiro atoms. The first-order chi connectivity index (χ1) is 13.9. The lowest BCUT2D eigenvalue weighted by atomic mass is 9.93. The minimum atomic E-state index is -0.183. The van der Waals surface area contributed by atoms with E-state index in [9.17, 15) is 4.79 Å². The summed E-state index contributed by atoms with van der Waals surface area (Å²) in [5.41, 5.74) is 7.38. The highest BCUT2D eigenvalue weighted by Crippen LogP contribution is 2.28. The highest BCUT2D eigenvalue weighted by atomic mass is 35.5. The largest absolute Gasteiger partial charge is 0.497 e. The molecule has 154 valence electrons. The summed E-state index contributed by atoms with van der Waals surface area (Å²) in [5.74, 6) is 1.48. The number of aromatic nitrogens is 1. The van der Waals surface area contributed by atoms with Crippen LogP contribution in [0.2, 0.25) is 5.15 Å². The molecule has 0 aliphatic heterocycles. The van der Waals surface area contributed by atoms with Crippen molar-refractivity contribution < 1.29 is 9.15 Å². The Morgan fingerprint density at radius 3 is 2.76 bits per heavy atom. The molecular weight excluding hydrogens is 390 g/mol. The molecule has 1 unspecified atom stereocenters. The van der Waals surface area contributed by atoms with E-state index in [4.69, 9.17) is 26.5 Å². The van der Waals surface area contributed by atoms with E-state index in [-0.39, 0.29) is 28.3 Å². The summed E-state index contributed by atoms with van der Waals surface area (Å²) in [4.78, 5) is 17.6. The molecule has 0 aliphatic rings. The van der Waals surface area contributed by atoms with E-state index in [2.05, 4.69) is 24.1 Å². The van der Waals surface area contributed by atoms with Gasteiger partial charge < -0.3 is 20.2 Å². The second-order valence-electron chi connectivity index (χ2n) is 7.25. The van der Waals surface area contributed by atoms with Crippen molar-refractivity contribution in [3.8, 4) is 5.75 Å². The SMILES string of the molecule is COc1cccc(Cc2c(C(NCCN)C(C)C)oc3nc(Cl)ccc3c2=O)c1. The lowest BCUT2D eigenvalue weighted by molar-refractivity contribution is 0.343. The predicted molar refractivity (Wildman–Crippen MR) is 116 cm³/mol. The van der Waals surface area contributed by atoms with Crippen LogP contribution in [0, 0.1) is 5.92 Å². The summed E-state index contributed by atoms with van der Waals surface area (Å²) in [7, 11) is 1.62. The van der Waals surface area contributed by atoms with Gasteiger partial charge in [-0.05, 0) is 35.7 Å². The molecule has 2 heterocycles. The minimum Gasteiger partial charge on any atom is -0.497 e. The van der Waals surface area contributed by atoms with Gasteiger partial charge in [-0.3, -0.25) is 4.79 Å². The molecule has 0 bridgehead atoms. The molecule has 3 rings (SSSR count). The van der Waals surface area contributed by atoms with Gasteiger partial charge in [-0.2, -0.15) is 0 Å². The second-order valence-corrected chi connectivity index (χ2v) is 7.64. The summed E-state index contributed by atoms with van der Waals surface area (Å²) in [6.07, 6.45) is 0.418. The molecule has 0 fully saturated rings. The number of pyridine rings is 1. The van der Waals surface area contributed by atoms with Crippen molar-refractivity contribution in [2.45, 2.75) is 26.3 Å². The first-order valence-electron chi connectivity index (χ1n) is 9.63. The molecule has 0 radical (unpaired) electrons. The van der Waals surface area contributed by atoms with E-state index < -0.39 is 0 Å². The van der Waals surface area contributed by atoms with Gasteiger partial charge in [0, 0.05) is 25.1 Å². The molecule has 29 heavy (non-hydrogen) atoms. The molecule has 7 heteroatoms. The molecule has 0 saturated carbocycles. The van der Waals surface area contributed by atoms with Crippen LogP contribution in [-0.4, -0.2) is 25.2 Å². The zero-order valence-corrected chi connectivity index (χ0v) is 17.6. The Morgan fingerprint density at radius 2 is 2.07 bits per heavy atom. The molecule has 2 aromatic heterocycles. The van der Waals surface area contributed by atoms with Gasteiger partial charge in [-0.1, -0.05) is 37.6 Å². The van der Waals surface area contributed by atoms with Crippen LogP contribution in [0.4, 0.5) is 0 Å². The third kappa shape index (κ3) is 4.78. The number of methoxy groups -OCH3 is 1. The third-order valence-corrected chi connectivity index (χ3v) is 5.03. The Morgan fingerprint density at radius 1 is 1.28 bits per heavy atom. The fourth-order valence-electron chi connectivity index (χ4n) is 3.38. The molecule has 0 saturated heterocycles. The third-order valence-electron chi connectivity index (χ3n) is 4.82. The van der Waals surface area contributed by atoms with Gasteiger partial charge in [0.25, 0.3) is 0 Å². The molecule has 3 aromatic rings. The van der Waals surface area contributed by atoms with Crippen LogP contribution >= 0.6 is 11.6 Å². The fraction of sp³-hybridized carbons (Fsp3) is 0.364. The maximum Gasteiger partial charge on any atom is 0.231 e. The van der Waals surface area contributed by atoms with Crippen molar-refractivity contribution in [3.63, 3.8) is 0 Å². The minimum absolute atomic E-state index is 0.103. The summed E-state index contributed by atoms with van der Waals surface area (Å²) in [5, 5.41) is 4.09. The number of halogens is 1. The number of nitrogens with two attached hydrogens (primary N) is 1. The lowest BCUT2D eigenvalue weighted by Crippen LogP contribution is -2.32. The number of hydrogen-bond donors (Lipinski definition) is 2. The molecule has 0 aliphatic carbocycles. The number of fused-ring (bicyclic) bond motifs is 1. The molecule has 1 aromatic carbocycles. The van der Waals surface area contributed by atoms with Crippen LogP contribution < -0.4 is 21.2 Å². The van der Waals surface area contributed by atoms with E-state index >= 15 is 0 Å². The van der Waals surface area contributed by atoms with Gasteiger partial charge >= 0.3 is 0 Å². The molecule has 0 amide bonds. The van der Waals surface area contributed by atoms with Gasteiger partial charge in [0.15, 0.2) is 5.43 Å². The van der Waals surface area contributed by atoms with E-state index in [1.165, 1.54) is 0 Å². The standard InChI is InChI=1S/C22H26ClN3O3/c1-13(2)19(25-10-9-24)21-17(12-14-5-4-6-15(11-14)28-3)20(27)16-7-8-18(23)26-22(16)29-21/h4-8,11,13,19,25H,9-10,12,24H2,1-3H3. The predicted octanol–water partition coefficient (Wildman–Crippen LogP) is 3.69. The number of benzene rings is 1. The first kappa shape index (κ1) is 21.3. The number of ether oxygens (including phenoxy) is 1. The first-order valence-corrected chi connectivity index (χ1v) is 10.0. The smallest absolute Gasteiger partial charge is 0.231 e. The number of rotatable bonds is 8. The summed E-state index contributed by atoms with van der Waals surface area (Å²) < 4.78 is 11.5. The average Bonchev–Trinajstić information content (AvgIpc) is 2.70. The van der Waals surface area contributed by atoms with Crippen molar-refractivity contribution in [2.75, 3.05) is 20.2 Å². The summed E-state index contributed by atoms with van der Waals surface area (Å²) >= 11 is 6.03. The highest BCUT2D eigenvalue weighted by molar-refractivity contribution is 6.29.